The zero-order chi connectivity index (χ0) is 20.8. The molecule has 2 aromatic carbocycles. The number of aromatic nitrogens is 5. The molecule has 150 valence electrons. The van der Waals surface area contributed by atoms with Crippen molar-refractivity contribution in [1.82, 2.24) is 24.7 Å². The summed E-state index contributed by atoms with van der Waals surface area (Å²) in [6, 6.07) is 19.2. The summed E-state index contributed by atoms with van der Waals surface area (Å²) in [4.78, 5) is 20.3. The Labute approximate surface area is 182 Å². The molecule has 0 aliphatic rings. The Bertz CT molecular complexity index is 1140. The monoisotopic (exact) mass is 436 g/mol. The van der Waals surface area contributed by atoms with Crippen LogP contribution in [0.5, 0.6) is 0 Å². The van der Waals surface area contributed by atoms with Crippen molar-refractivity contribution >= 4 is 35.2 Å². The van der Waals surface area contributed by atoms with Crippen molar-refractivity contribution in [3.8, 4) is 11.4 Å². The molecule has 9 heteroatoms. The van der Waals surface area contributed by atoms with E-state index in [0.29, 0.717) is 22.5 Å². The summed E-state index contributed by atoms with van der Waals surface area (Å²) in [6.07, 6.45) is 3.14. The van der Waals surface area contributed by atoms with E-state index in [1.807, 2.05) is 59.2 Å². The smallest absolute Gasteiger partial charge is 0.237 e. The Morgan fingerprint density at radius 2 is 1.70 bits per heavy atom. The Morgan fingerprint density at radius 3 is 2.47 bits per heavy atom. The van der Waals surface area contributed by atoms with E-state index in [1.165, 1.54) is 11.8 Å². The van der Waals surface area contributed by atoms with Crippen molar-refractivity contribution in [2.45, 2.75) is 11.7 Å². The molecule has 0 atom stereocenters. The van der Waals surface area contributed by atoms with Gasteiger partial charge in [-0.3, -0.25) is 14.7 Å². The number of carbonyl (C=O) groups is 1. The fourth-order valence-electron chi connectivity index (χ4n) is 2.80. The van der Waals surface area contributed by atoms with Gasteiger partial charge in [-0.25, -0.2) is 9.97 Å². The highest BCUT2D eigenvalue weighted by Gasteiger charge is 2.18. The van der Waals surface area contributed by atoms with E-state index in [-0.39, 0.29) is 17.6 Å². The summed E-state index contributed by atoms with van der Waals surface area (Å²) in [6.45, 7) is 0.556. The third kappa shape index (κ3) is 4.84. The van der Waals surface area contributed by atoms with Gasteiger partial charge in [0, 0.05) is 18.0 Å². The number of carbonyl (C=O) groups excluding carboxylic acids is 1. The summed E-state index contributed by atoms with van der Waals surface area (Å²) in [5.74, 6) is 0.845. The van der Waals surface area contributed by atoms with Gasteiger partial charge < -0.3 is 0 Å². The number of hydrogen-bond acceptors (Lipinski definition) is 6. The Morgan fingerprint density at radius 1 is 0.967 bits per heavy atom. The number of anilines is 1. The molecule has 1 amide bonds. The highest BCUT2D eigenvalue weighted by atomic mass is 35.5. The van der Waals surface area contributed by atoms with Gasteiger partial charge in [0.15, 0.2) is 11.0 Å². The Balaban J connectivity index is 1.58. The van der Waals surface area contributed by atoms with Gasteiger partial charge in [0.25, 0.3) is 0 Å². The zero-order valence-corrected chi connectivity index (χ0v) is 17.3. The Kier molecular flexibility index (Phi) is 6.36. The molecule has 2 heterocycles. The third-order valence-electron chi connectivity index (χ3n) is 4.16. The molecule has 30 heavy (non-hydrogen) atoms. The standard InChI is InChI=1S/C21H17ClN6OS/c22-17-10-5-4-9-16(17)19-26-27-21(28(19)13-15-7-2-1-3-8-15)30-14-18(29)25-20-23-11-6-12-24-20/h1-12H,13-14H2,(H,23,24,25,29). The lowest BCUT2D eigenvalue weighted by Crippen LogP contribution is -2.16. The fraction of sp³-hybridized carbons (Fsp3) is 0.0952. The van der Waals surface area contributed by atoms with Crippen molar-refractivity contribution in [2.24, 2.45) is 0 Å². The molecule has 0 unspecified atom stereocenters. The van der Waals surface area contributed by atoms with Crippen LogP contribution in [0.15, 0.2) is 78.2 Å². The van der Waals surface area contributed by atoms with E-state index in [2.05, 4.69) is 25.5 Å². The predicted octanol–water partition coefficient (Wildman–Crippen LogP) is 4.17. The van der Waals surface area contributed by atoms with Crippen LogP contribution < -0.4 is 5.32 Å². The molecule has 2 aromatic heterocycles. The van der Waals surface area contributed by atoms with Crippen LogP contribution in [-0.4, -0.2) is 36.4 Å². The molecule has 4 rings (SSSR count). The molecule has 0 aliphatic heterocycles. The Hall–Kier alpha value is -3.23. The van der Waals surface area contributed by atoms with Crippen molar-refractivity contribution in [1.29, 1.82) is 0 Å². The molecule has 0 spiro atoms. The van der Waals surface area contributed by atoms with Crippen molar-refractivity contribution in [3.63, 3.8) is 0 Å². The average molecular weight is 437 g/mol. The lowest BCUT2D eigenvalue weighted by molar-refractivity contribution is -0.113. The second-order valence-corrected chi connectivity index (χ2v) is 7.62. The maximum atomic E-state index is 12.3. The molecule has 1 N–H and O–H groups in total. The number of nitrogens with zero attached hydrogens (tertiary/aromatic N) is 5. The minimum atomic E-state index is -0.222. The van der Waals surface area contributed by atoms with Crippen LogP contribution in [0.25, 0.3) is 11.4 Å². The number of hydrogen-bond donors (Lipinski definition) is 1. The van der Waals surface area contributed by atoms with E-state index >= 15 is 0 Å². The molecule has 4 aromatic rings. The maximum Gasteiger partial charge on any atom is 0.237 e. The minimum Gasteiger partial charge on any atom is -0.297 e. The largest absolute Gasteiger partial charge is 0.297 e. The fourth-order valence-corrected chi connectivity index (χ4v) is 3.76. The number of thioether (sulfide) groups is 1. The average Bonchev–Trinajstić information content (AvgIpc) is 3.16. The van der Waals surface area contributed by atoms with Gasteiger partial charge in [-0.1, -0.05) is 65.8 Å². The second-order valence-electron chi connectivity index (χ2n) is 6.27. The number of amides is 1. The van der Waals surface area contributed by atoms with Crippen LogP contribution >= 0.6 is 23.4 Å². The lowest BCUT2D eigenvalue weighted by Gasteiger charge is -2.11. The summed E-state index contributed by atoms with van der Waals surface area (Å²) in [5.41, 5.74) is 1.88. The first kappa shape index (κ1) is 20.1. The van der Waals surface area contributed by atoms with Crippen LogP contribution in [0.2, 0.25) is 5.02 Å². The van der Waals surface area contributed by atoms with E-state index in [1.54, 1.807) is 18.5 Å². The first-order chi connectivity index (χ1) is 14.7. The molecule has 0 saturated heterocycles. The quantitative estimate of drug-likeness (QED) is 0.437. The molecule has 7 nitrogen and oxygen atoms in total. The second kappa shape index (κ2) is 9.51. The van der Waals surface area contributed by atoms with Gasteiger partial charge >= 0.3 is 0 Å². The van der Waals surface area contributed by atoms with Crippen LogP contribution in [0, 0.1) is 0 Å². The molecule has 0 fully saturated rings. The number of halogens is 1. The van der Waals surface area contributed by atoms with E-state index < -0.39 is 0 Å². The van der Waals surface area contributed by atoms with Gasteiger partial charge in [0.05, 0.1) is 17.3 Å². The number of nitrogens with one attached hydrogen (secondary N) is 1. The topological polar surface area (TPSA) is 85.6 Å². The SMILES string of the molecule is O=C(CSc1nnc(-c2ccccc2Cl)n1Cc1ccccc1)Nc1ncccn1. The first-order valence-corrected chi connectivity index (χ1v) is 10.5. The lowest BCUT2D eigenvalue weighted by atomic mass is 10.2. The summed E-state index contributed by atoms with van der Waals surface area (Å²) in [5, 5.41) is 12.6. The zero-order valence-electron chi connectivity index (χ0n) is 15.8. The van der Waals surface area contributed by atoms with Crippen molar-refractivity contribution in [2.75, 3.05) is 11.1 Å². The van der Waals surface area contributed by atoms with Crippen LogP contribution in [0.1, 0.15) is 5.56 Å². The molecular formula is C21H17ClN6OS. The van der Waals surface area contributed by atoms with Gasteiger partial charge in [-0.2, -0.15) is 0 Å². The molecule has 0 bridgehead atoms. The third-order valence-corrected chi connectivity index (χ3v) is 5.46. The van der Waals surface area contributed by atoms with Gasteiger partial charge in [-0.15, -0.1) is 10.2 Å². The first-order valence-electron chi connectivity index (χ1n) is 9.12. The summed E-state index contributed by atoms with van der Waals surface area (Å²) >= 11 is 7.69. The van der Waals surface area contributed by atoms with E-state index in [0.717, 1.165) is 11.1 Å². The highest BCUT2D eigenvalue weighted by molar-refractivity contribution is 7.99. The van der Waals surface area contributed by atoms with E-state index in [4.69, 9.17) is 11.6 Å². The molecule has 0 aliphatic carbocycles. The van der Waals surface area contributed by atoms with Crippen LogP contribution in [-0.2, 0) is 11.3 Å². The summed E-state index contributed by atoms with van der Waals surface area (Å²) in [7, 11) is 0. The molecule has 0 radical (unpaired) electrons. The number of benzene rings is 2. The maximum absolute atomic E-state index is 12.3. The van der Waals surface area contributed by atoms with Crippen molar-refractivity contribution in [3.05, 3.63) is 83.6 Å². The van der Waals surface area contributed by atoms with Gasteiger partial charge in [0.1, 0.15) is 0 Å². The van der Waals surface area contributed by atoms with E-state index in [9.17, 15) is 4.79 Å². The molecule has 0 saturated carbocycles. The van der Waals surface area contributed by atoms with Gasteiger partial charge in [0.2, 0.25) is 11.9 Å². The normalized spacial score (nSPS) is 10.7. The van der Waals surface area contributed by atoms with Crippen molar-refractivity contribution < 1.29 is 4.79 Å². The van der Waals surface area contributed by atoms with Crippen LogP contribution in [0.3, 0.4) is 0 Å². The predicted molar refractivity (Wildman–Crippen MR) is 117 cm³/mol. The minimum absolute atomic E-state index is 0.147. The molecular weight excluding hydrogens is 420 g/mol. The highest BCUT2D eigenvalue weighted by Crippen LogP contribution is 2.30. The van der Waals surface area contributed by atoms with Crippen LogP contribution in [0.4, 0.5) is 5.95 Å². The van der Waals surface area contributed by atoms with Gasteiger partial charge in [-0.05, 0) is 23.8 Å². The summed E-state index contributed by atoms with van der Waals surface area (Å²) < 4.78 is 1.97. The number of rotatable bonds is 7.